The molecule has 0 unspecified atom stereocenters. The molecule has 1 saturated heterocycles. The minimum atomic E-state index is -0.123. The Kier molecular flexibility index (Phi) is 4.58. The van der Waals surface area contributed by atoms with Gasteiger partial charge in [0, 0.05) is 24.1 Å². The number of aromatic amines is 1. The molecule has 2 aliphatic heterocycles. The molecule has 4 heterocycles. The van der Waals surface area contributed by atoms with E-state index in [0.717, 1.165) is 43.1 Å². The molecule has 1 atom stereocenters. The first-order chi connectivity index (χ1) is 12.6. The SMILES string of the molecule is CC(C)CNC(=O)c1n[nH]c2c1COC[C@@]21CCN(Cc2ccco2)C1. The number of nitrogens with zero attached hydrogens (tertiary/aromatic N) is 2. The molecule has 2 aliphatic rings. The van der Waals surface area contributed by atoms with Crippen molar-refractivity contribution in [3.05, 3.63) is 41.1 Å². The zero-order valence-electron chi connectivity index (χ0n) is 15.4. The monoisotopic (exact) mass is 358 g/mol. The lowest BCUT2D eigenvalue weighted by atomic mass is 9.80. The van der Waals surface area contributed by atoms with E-state index in [2.05, 4.69) is 34.3 Å². The molecule has 1 spiro atoms. The van der Waals surface area contributed by atoms with E-state index < -0.39 is 0 Å². The number of ether oxygens (including phenoxy) is 1. The predicted octanol–water partition coefficient (Wildman–Crippen LogP) is 2.06. The van der Waals surface area contributed by atoms with Crippen molar-refractivity contribution >= 4 is 5.91 Å². The zero-order chi connectivity index (χ0) is 18.1. The summed E-state index contributed by atoms with van der Waals surface area (Å²) in [5.41, 5.74) is 2.34. The molecule has 26 heavy (non-hydrogen) atoms. The number of rotatable bonds is 5. The topological polar surface area (TPSA) is 83.4 Å². The summed E-state index contributed by atoms with van der Waals surface area (Å²) in [6.45, 7) is 8.52. The van der Waals surface area contributed by atoms with E-state index in [1.807, 2.05) is 12.1 Å². The lowest BCUT2D eigenvalue weighted by Gasteiger charge is -2.33. The number of H-pyrrole nitrogens is 1. The molecule has 0 saturated carbocycles. The number of carbonyl (C=O) groups is 1. The summed E-state index contributed by atoms with van der Waals surface area (Å²) in [4.78, 5) is 14.9. The number of likely N-dealkylation sites (tertiary alicyclic amines) is 1. The first-order valence-electron chi connectivity index (χ1n) is 9.26. The van der Waals surface area contributed by atoms with Crippen molar-refractivity contribution < 1.29 is 13.9 Å². The van der Waals surface area contributed by atoms with Crippen LogP contribution >= 0.6 is 0 Å². The van der Waals surface area contributed by atoms with E-state index in [1.165, 1.54) is 0 Å². The number of hydrogen-bond acceptors (Lipinski definition) is 5. The maximum Gasteiger partial charge on any atom is 0.272 e. The van der Waals surface area contributed by atoms with Crippen LogP contribution in [0.5, 0.6) is 0 Å². The van der Waals surface area contributed by atoms with Crippen LogP contribution in [0.25, 0.3) is 0 Å². The highest BCUT2D eigenvalue weighted by molar-refractivity contribution is 5.94. The van der Waals surface area contributed by atoms with Gasteiger partial charge in [-0.25, -0.2) is 0 Å². The Morgan fingerprint density at radius 1 is 1.50 bits per heavy atom. The fourth-order valence-corrected chi connectivity index (χ4v) is 3.97. The molecule has 7 nitrogen and oxygen atoms in total. The van der Waals surface area contributed by atoms with Crippen molar-refractivity contribution in [1.82, 2.24) is 20.4 Å². The Labute approximate surface area is 153 Å². The summed E-state index contributed by atoms with van der Waals surface area (Å²) in [6.07, 6.45) is 2.69. The number of amides is 1. The average Bonchev–Trinajstić information content (AvgIpc) is 3.34. The molecule has 0 aliphatic carbocycles. The van der Waals surface area contributed by atoms with Gasteiger partial charge in [-0.1, -0.05) is 13.8 Å². The highest BCUT2D eigenvalue weighted by Gasteiger charge is 2.46. The third-order valence-electron chi connectivity index (χ3n) is 5.30. The van der Waals surface area contributed by atoms with Gasteiger partial charge in [-0.2, -0.15) is 5.10 Å². The van der Waals surface area contributed by atoms with Crippen molar-refractivity contribution in [1.29, 1.82) is 0 Å². The van der Waals surface area contributed by atoms with Gasteiger partial charge in [0.05, 0.1) is 31.7 Å². The Hall–Kier alpha value is -2.12. The quantitative estimate of drug-likeness (QED) is 0.855. The van der Waals surface area contributed by atoms with Crippen molar-refractivity contribution in [2.24, 2.45) is 5.92 Å². The molecule has 1 amide bonds. The van der Waals surface area contributed by atoms with E-state index >= 15 is 0 Å². The first kappa shape index (κ1) is 17.3. The number of fused-ring (bicyclic) bond motifs is 2. The van der Waals surface area contributed by atoms with Crippen LogP contribution in [0, 0.1) is 5.92 Å². The summed E-state index contributed by atoms with van der Waals surface area (Å²) in [6, 6.07) is 3.92. The van der Waals surface area contributed by atoms with Crippen molar-refractivity contribution in [3.8, 4) is 0 Å². The molecule has 0 bridgehead atoms. The minimum Gasteiger partial charge on any atom is -0.468 e. The van der Waals surface area contributed by atoms with Crippen LogP contribution < -0.4 is 5.32 Å². The standard InChI is InChI=1S/C19H26N4O3/c1-13(2)8-20-18(24)16-15-10-25-12-19(17(15)22-21-16)5-6-23(11-19)9-14-4-3-7-26-14/h3-4,7,13H,5-6,8-12H2,1-2H3,(H,20,24)(H,21,22)/t19-/m0/s1. The van der Waals surface area contributed by atoms with Gasteiger partial charge < -0.3 is 14.5 Å². The van der Waals surface area contributed by atoms with Crippen LogP contribution in [-0.2, 0) is 23.3 Å². The lowest BCUT2D eigenvalue weighted by Crippen LogP contribution is -2.40. The molecular weight excluding hydrogens is 332 g/mol. The summed E-state index contributed by atoms with van der Waals surface area (Å²) >= 11 is 0. The fraction of sp³-hybridized carbons (Fsp3) is 0.579. The molecule has 2 aromatic rings. The summed E-state index contributed by atoms with van der Waals surface area (Å²) in [5, 5.41) is 10.5. The maximum atomic E-state index is 12.5. The normalized spacial score (nSPS) is 22.9. The van der Waals surface area contributed by atoms with Crippen LogP contribution in [0.4, 0.5) is 0 Å². The van der Waals surface area contributed by atoms with Gasteiger partial charge in [0.15, 0.2) is 5.69 Å². The molecule has 4 rings (SSSR count). The number of aromatic nitrogens is 2. The van der Waals surface area contributed by atoms with Crippen molar-refractivity contribution in [2.45, 2.75) is 38.8 Å². The van der Waals surface area contributed by atoms with Crippen LogP contribution in [0.3, 0.4) is 0 Å². The van der Waals surface area contributed by atoms with Gasteiger partial charge in [0.1, 0.15) is 5.76 Å². The zero-order valence-corrected chi connectivity index (χ0v) is 15.4. The second-order valence-corrected chi connectivity index (χ2v) is 7.84. The summed E-state index contributed by atoms with van der Waals surface area (Å²) in [5.74, 6) is 1.25. The third-order valence-corrected chi connectivity index (χ3v) is 5.30. The number of nitrogens with one attached hydrogen (secondary N) is 2. The Bertz CT molecular complexity index is 768. The number of furan rings is 1. The van der Waals surface area contributed by atoms with E-state index in [0.29, 0.717) is 31.4 Å². The predicted molar refractivity (Wildman–Crippen MR) is 95.7 cm³/mol. The van der Waals surface area contributed by atoms with E-state index in [-0.39, 0.29) is 11.3 Å². The molecule has 7 heteroatoms. The van der Waals surface area contributed by atoms with Crippen molar-refractivity contribution in [3.63, 3.8) is 0 Å². The van der Waals surface area contributed by atoms with E-state index in [1.54, 1.807) is 6.26 Å². The van der Waals surface area contributed by atoms with E-state index in [4.69, 9.17) is 9.15 Å². The Morgan fingerprint density at radius 3 is 3.15 bits per heavy atom. The Balaban J connectivity index is 1.52. The van der Waals surface area contributed by atoms with Crippen LogP contribution in [0.15, 0.2) is 22.8 Å². The Morgan fingerprint density at radius 2 is 2.38 bits per heavy atom. The minimum absolute atomic E-state index is 0.121. The van der Waals surface area contributed by atoms with Gasteiger partial charge in [0.25, 0.3) is 5.91 Å². The van der Waals surface area contributed by atoms with Crippen LogP contribution in [0.1, 0.15) is 47.8 Å². The maximum absolute atomic E-state index is 12.5. The highest BCUT2D eigenvalue weighted by atomic mass is 16.5. The van der Waals surface area contributed by atoms with Crippen LogP contribution in [0.2, 0.25) is 0 Å². The largest absolute Gasteiger partial charge is 0.468 e. The summed E-state index contributed by atoms with van der Waals surface area (Å²) < 4.78 is 11.4. The number of hydrogen-bond donors (Lipinski definition) is 2. The van der Waals surface area contributed by atoms with Crippen LogP contribution in [-0.4, -0.2) is 47.2 Å². The van der Waals surface area contributed by atoms with Gasteiger partial charge in [0.2, 0.25) is 0 Å². The van der Waals surface area contributed by atoms with E-state index in [9.17, 15) is 4.79 Å². The first-order valence-corrected chi connectivity index (χ1v) is 9.26. The van der Waals surface area contributed by atoms with Gasteiger partial charge >= 0.3 is 0 Å². The van der Waals surface area contributed by atoms with Gasteiger partial charge in [-0.3, -0.25) is 14.8 Å². The third kappa shape index (κ3) is 3.17. The molecule has 140 valence electrons. The smallest absolute Gasteiger partial charge is 0.272 e. The highest BCUT2D eigenvalue weighted by Crippen LogP contribution is 2.40. The molecule has 2 N–H and O–H groups in total. The van der Waals surface area contributed by atoms with Gasteiger partial charge in [-0.15, -0.1) is 0 Å². The average molecular weight is 358 g/mol. The van der Waals surface area contributed by atoms with Gasteiger partial charge in [-0.05, 0) is 31.0 Å². The molecule has 0 radical (unpaired) electrons. The number of carbonyl (C=O) groups excluding carboxylic acids is 1. The second kappa shape index (κ2) is 6.89. The molecular formula is C19H26N4O3. The van der Waals surface area contributed by atoms with Crippen molar-refractivity contribution in [2.75, 3.05) is 26.2 Å². The second-order valence-electron chi connectivity index (χ2n) is 7.84. The lowest BCUT2D eigenvalue weighted by molar-refractivity contribution is 0.0506. The summed E-state index contributed by atoms with van der Waals surface area (Å²) in [7, 11) is 0. The fourth-order valence-electron chi connectivity index (χ4n) is 3.97. The molecule has 2 aromatic heterocycles. The molecule has 0 aromatic carbocycles. The molecule has 1 fully saturated rings.